The van der Waals surface area contributed by atoms with Crippen molar-refractivity contribution in [1.82, 2.24) is 5.32 Å². The Morgan fingerprint density at radius 2 is 2.06 bits per heavy atom. The molecule has 0 saturated heterocycles. The summed E-state index contributed by atoms with van der Waals surface area (Å²) in [6.45, 7) is 1.74. The molecule has 1 amide bonds. The molecule has 1 aromatic carbocycles. The molecule has 1 atom stereocenters. The molecular formula is C13H12F3NO. The SMILES string of the molecule is C#CC(CC)NC(=O)c1ccccc1C(F)(F)F. The number of rotatable bonds is 3. The highest BCUT2D eigenvalue weighted by atomic mass is 19.4. The summed E-state index contributed by atoms with van der Waals surface area (Å²) < 4.78 is 38.1. The van der Waals surface area contributed by atoms with Crippen molar-refractivity contribution < 1.29 is 18.0 Å². The van der Waals surface area contributed by atoms with Crippen molar-refractivity contribution in [2.75, 3.05) is 0 Å². The van der Waals surface area contributed by atoms with Crippen molar-refractivity contribution in [2.24, 2.45) is 0 Å². The third-order valence-corrected chi connectivity index (χ3v) is 2.39. The van der Waals surface area contributed by atoms with E-state index in [1.807, 2.05) is 0 Å². The Hall–Kier alpha value is -1.96. The summed E-state index contributed by atoms with van der Waals surface area (Å²) in [4.78, 5) is 11.7. The minimum atomic E-state index is -4.56. The zero-order chi connectivity index (χ0) is 13.8. The Balaban J connectivity index is 3.04. The van der Waals surface area contributed by atoms with E-state index in [2.05, 4.69) is 11.2 Å². The number of carbonyl (C=O) groups excluding carboxylic acids is 1. The minimum absolute atomic E-state index is 0.418. The second kappa shape index (κ2) is 5.58. The van der Waals surface area contributed by atoms with E-state index in [4.69, 9.17) is 6.42 Å². The number of hydrogen-bond acceptors (Lipinski definition) is 1. The van der Waals surface area contributed by atoms with Gasteiger partial charge < -0.3 is 5.32 Å². The molecule has 0 spiro atoms. The van der Waals surface area contributed by atoms with Crippen molar-refractivity contribution in [1.29, 1.82) is 0 Å². The van der Waals surface area contributed by atoms with E-state index in [9.17, 15) is 18.0 Å². The van der Waals surface area contributed by atoms with Crippen molar-refractivity contribution in [3.8, 4) is 12.3 Å². The number of terminal acetylenes is 1. The molecule has 1 aromatic rings. The molecule has 0 aliphatic rings. The van der Waals surface area contributed by atoms with Gasteiger partial charge in [0.1, 0.15) is 0 Å². The van der Waals surface area contributed by atoms with E-state index in [0.29, 0.717) is 6.42 Å². The van der Waals surface area contributed by atoms with Crippen molar-refractivity contribution in [2.45, 2.75) is 25.6 Å². The number of amides is 1. The lowest BCUT2D eigenvalue weighted by Gasteiger charge is -2.15. The molecule has 0 bridgehead atoms. The Kier molecular flexibility index (Phi) is 4.38. The van der Waals surface area contributed by atoms with Gasteiger partial charge in [-0.2, -0.15) is 13.2 Å². The summed E-state index contributed by atoms with van der Waals surface area (Å²) >= 11 is 0. The molecule has 1 rings (SSSR count). The summed E-state index contributed by atoms with van der Waals surface area (Å²) in [6, 6.07) is 4.03. The molecule has 1 unspecified atom stereocenters. The van der Waals surface area contributed by atoms with Gasteiger partial charge in [-0.25, -0.2) is 0 Å². The molecule has 0 aliphatic carbocycles. The van der Waals surface area contributed by atoms with Crippen LogP contribution in [-0.4, -0.2) is 11.9 Å². The summed E-state index contributed by atoms with van der Waals surface area (Å²) in [7, 11) is 0. The Bertz CT molecular complexity index is 474. The molecule has 0 radical (unpaired) electrons. The first-order valence-electron chi connectivity index (χ1n) is 5.33. The maximum Gasteiger partial charge on any atom is 0.417 e. The van der Waals surface area contributed by atoms with Gasteiger partial charge >= 0.3 is 6.18 Å². The first-order valence-corrected chi connectivity index (χ1v) is 5.33. The van der Waals surface area contributed by atoms with Gasteiger partial charge in [0.2, 0.25) is 0 Å². The lowest BCUT2D eigenvalue weighted by atomic mass is 10.1. The van der Waals surface area contributed by atoms with Gasteiger partial charge in [-0.15, -0.1) is 6.42 Å². The summed E-state index contributed by atoms with van der Waals surface area (Å²) in [5.41, 5.74) is -1.38. The van der Waals surface area contributed by atoms with Crippen LogP contribution in [-0.2, 0) is 6.18 Å². The molecule has 5 heteroatoms. The third-order valence-electron chi connectivity index (χ3n) is 2.39. The van der Waals surface area contributed by atoms with Crippen LogP contribution in [0.5, 0.6) is 0 Å². The summed E-state index contributed by atoms with van der Waals surface area (Å²) in [5, 5.41) is 2.37. The number of carbonyl (C=O) groups is 1. The van der Waals surface area contributed by atoms with Crippen LogP contribution >= 0.6 is 0 Å². The largest absolute Gasteiger partial charge is 0.417 e. The molecule has 0 aromatic heterocycles. The van der Waals surface area contributed by atoms with Gasteiger partial charge in [0.25, 0.3) is 5.91 Å². The van der Waals surface area contributed by atoms with E-state index in [-0.39, 0.29) is 0 Å². The van der Waals surface area contributed by atoms with Crippen molar-refractivity contribution >= 4 is 5.91 Å². The highest BCUT2D eigenvalue weighted by molar-refractivity contribution is 5.96. The smallest absolute Gasteiger partial charge is 0.338 e. The number of benzene rings is 1. The Labute approximate surface area is 103 Å². The highest BCUT2D eigenvalue weighted by Crippen LogP contribution is 2.31. The number of alkyl halides is 3. The van der Waals surface area contributed by atoms with Crippen LogP contribution in [0.1, 0.15) is 29.3 Å². The van der Waals surface area contributed by atoms with E-state index < -0.39 is 29.3 Å². The van der Waals surface area contributed by atoms with Gasteiger partial charge in [-0.1, -0.05) is 25.0 Å². The number of halogens is 3. The van der Waals surface area contributed by atoms with E-state index in [0.717, 1.165) is 12.1 Å². The molecule has 0 heterocycles. The molecule has 0 saturated carbocycles. The van der Waals surface area contributed by atoms with Crippen LogP contribution in [0.3, 0.4) is 0 Å². The molecule has 18 heavy (non-hydrogen) atoms. The normalized spacial score (nSPS) is 12.6. The minimum Gasteiger partial charge on any atom is -0.338 e. The summed E-state index contributed by atoms with van der Waals surface area (Å²) in [6.07, 6.45) is 1.04. The Morgan fingerprint density at radius 3 is 2.56 bits per heavy atom. The second-order valence-electron chi connectivity index (χ2n) is 3.64. The molecular weight excluding hydrogens is 243 g/mol. The van der Waals surface area contributed by atoms with Gasteiger partial charge in [0, 0.05) is 0 Å². The average Bonchev–Trinajstić information content (AvgIpc) is 2.34. The van der Waals surface area contributed by atoms with Gasteiger partial charge in [-0.05, 0) is 18.6 Å². The fourth-order valence-electron chi connectivity index (χ4n) is 1.43. The lowest BCUT2D eigenvalue weighted by molar-refractivity contribution is -0.137. The lowest BCUT2D eigenvalue weighted by Crippen LogP contribution is -2.34. The highest BCUT2D eigenvalue weighted by Gasteiger charge is 2.34. The van der Waals surface area contributed by atoms with Crippen molar-refractivity contribution in [3.05, 3.63) is 35.4 Å². The third kappa shape index (κ3) is 3.27. The van der Waals surface area contributed by atoms with E-state index in [1.165, 1.54) is 12.1 Å². The molecule has 96 valence electrons. The number of hydrogen-bond donors (Lipinski definition) is 1. The van der Waals surface area contributed by atoms with Crippen LogP contribution < -0.4 is 5.32 Å². The maximum atomic E-state index is 12.7. The fraction of sp³-hybridized carbons (Fsp3) is 0.308. The first-order chi connectivity index (χ1) is 8.40. The van der Waals surface area contributed by atoms with Gasteiger partial charge in [-0.3, -0.25) is 4.79 Å². The standard InChI is InChI=1S/C13H12F3NO/c1-3-9(4-2)17-12(18)10-7-5-6-8-11(10)13(14,15)16/h1,5-9H,4H2,2H3,(H,17,18). The van der Waals surface area contributed by atoms with Gasteiger partial charge in [0.15, 0.2) is 0 Å². The zero-order valence-electron chi connectivity index (χ0n) is 9.71. The monoisotopic (exact) mass is 255 g/mol. The maximum absolute atomic E-state index is 12.7. The van der Waals surface area contributed by atoms with Crippen LogP contribution in [0.4, 0.5) is 13.2 Å². The predicted molar refractivity (Wildman–Crippen MR) is 61.8 cm³/mol. The van der Waals surface area contributed by atoms with Crippen LogP contribution in [0, 0.1) is 12.3 Å². The molecule has 0 aliphatic heterocycles. The molecule has 0 fully saturated rings. The second-order valence-corrected chi connectivity index (χ2v) is 3.64. The van der Waals surface area contributed by atoms with E-state index in [1.54, 1.807) is 6.92 Å². The molecule has 1 N–H and O–H groups in total. The summed E-state index contributed by atoms with van der Waals surface area (Å²) in [5.74, 6) is 1.49. The Morgan fingerprint density at radius 1 is 1.44 bits per heavy atom. The number of nitrogens with one attached hydrogen (secondary N) is 1. The van der Waals surface area contributed by atoms with Gasteiger partial charge in [0.05, 0.1) is 17.2 Å². The van der Waals surface area contributed by atoms with Crippen molar-refractivity contribution in [3.63, 3.8) is 0 Å². The van der Waals surface area contributed by atoms with Crippen LogP contribution in [0.2, 0.25) is 0 Å². The van der Waals surface area contributed by atoms with Crippen LogP contribution in [0.15, 0.2) is 24.3 Å². The van der Waals surface area contributed by atoms with E-state index >= 15 is 0 Å². The fourth-order valence-corrected chi connectivity index (χ4v) is 1.43. The molecule has 2 nitrogen and oxygen atoms in total. The quantitative estimate of drug-likeness (QED) is 0.827. The zero-order valence-corrected chi connectivity index (χ0v) is 9.71. The topological polar surface area (TPSA) is 29.1 Å². The predicted octanol–water partition coefficient (Wildman–Crippen LogP) is 2.85. The van der Waals surface area contributed by atoms with Crippen LogP contribution in [0.25, 0.3) is 0 Å². The average molecular weight is 255 g/mol. The first kappa shape index (κ1) is 14.1.